The maximum atomic E-state index is 13.1. The van der Waals surface area contributed by atoms with Gasteiger partial charge in [-0.2, -0.15) is 0 Å². The second kappa shape index (κ2) is 7.34. The van der Waals surface area contributed by atoms with Gasteiger partial charge in [-0.3, -0.25) is 0 Å². The standard InChI is InChI=1S/C12H22F/c13-12-10-8-6-4-2-1-3-5-7-9-11-12/h10,12H,1-9,11H2. The van der Waals surface area contributed by atoms with Crippen LogP contribution in [0.3, 0.4) is 0 Å². The zero-order valence-corrected chi connectivity index (χ0v) is 8.60. The highest BCUT2D eigenvalue weighted by Crippen LogP contribution is 2.17. The molecule has 1 radical (unpaired) electrons. The molecule has 1 unspecified atom stereocenters. The summed E-state index contributed by atoms with van der Waals surface area (Å²) in [5.41, 5.74) is 0. The van der Waals surface area contributed by atoms with Gasteiger partial charge in [0, 0.05) is 0 Å². The van der Waals surface area contributed by atoms with Gasteiger partial charge in [-0.05, 0) is 19.3 Å². The zero-order valence-electron chi connectivity index (χ0n) is 8.60. The second-order valence-electron chi connectivity index (χ2n) is 4.16. The quantitative estimate of drug-likeness (QED) is 0.523. The van der Waals surface area contributed by atoms with Gasteiger partial charge >= 0.3 is 0 Å². The summed E-state index contributed by atoms with van der Waals surface area (Å²) in [6.45, 7) is 0. The summed E-state index contributed by atoms with van der Waals surface area (Å²) in [5.74, 6) is 0. The smallest absolute Gasteiger partial charge is 0.103 e. The molecule has 0 aromatic heterocycles. The van der Waals surface area contributed by atoms with Crippen molar-refractivity contribution in [2.45, 2.75) is 70.4 Å². The molecule has 13 heavy (non-hydrogen) atoms. The first-order chi connectivity index (χ1) is 6.39. The van der Waals surface area contributed by atoms with E-state index in [-0.39, 0.29) is 0 Å². The lowest BCUT2D eigenvalue weighted by Crippen LogP contribution is -2.01. The molecule has 1 aliphatic rings. The van der Waals surface area contributed by atoms with E-state index >= 15 is 0 Å². The van der Waals surface area contributed by atoms with Crippen LogP contribution in [0.15, 0.2) is 0 Å². The van der Waals surface area contributed by atoms with Crippen LogP contribution < -0.4 is 0 Å². The Hall–Kier alpha value is -0.0700. The Kier molecular flexibility index (Phi) is 6.22. The van der Waals surface area contributed by atoms with Crippen molar-refractivity contribution in [3.8, 4) is 0 Å². The summed E-state index contributed by atoms with van der Waals surface area (Å²) in [7, 11) is 0. The monoisotopic (exact) mass is 185 g/mol. The molecule has 1 atom stereocenters. The number of hydrogen-bond donors (Lipinski definition) is 0. The van der Waals surface area contributed by atoms with Gasteiger partial charge in [0.15, 0.2) is 0 Å². The number of rotatable bonds is 0. The molecule has 0 spiro atoms. The van der Waals surface area contributed by atoms with Gasteiger partial charge in [-0.1, -0.05) is 51.4 Å². The molecule has 0 N–H and O–H groups in total. The van der Waals surface area contributed by atoms with Crippen molar-refractivity contribution >= 4 is 0 Å². The fourth-order valence-electron chi connectivity index (χ4n) is 1.96. The van der Waals surface area contributed by atoms with Crippen LogP contribution >= 0.6 is 0 Å². The lowest BCUT2D eigenvalue weighted by molar-refractivity contribution is 0.331. The summed E-state index contributed by atoms with van der Waals surface area (Å²) >= 11 is 0. The van der Waals surface area contributed by atoms with Crippen LogP contribution in [0.1, 0.15) is 64.2 Å². The molecule has 0 aliphatic heterocycles. The summed E-state index contributed by atoms with van der Waals surface area (Å²) in [5, 5.41) is 0. The molecular weight excluding hydrogens is 163 g/mol. The molecule has 77 valence electrons. The van der Waals surface area contributed by atoms with E-state index in [0.717, 1.165) is 19.3 Å². The van der Waals surface area contributed by atoms with Crippen molar-refractivity contribution < 1.29 is 4.39 Å². The van der Waals surface area contributed by atoms with E-state index in [4.69, 9.17) is 0 Å². The predicted octanol–water partition coefficient (Wildman–Crippen LogP) is 4.44. The molecule has 0 bridgehead atoms. The van der Waals surface area contributed by atoms with Crippen molar-refractivity contribution in [3.05, 3.63) is 6.42 Å². The number of halogens is 1. The van der Waals surface area contributed by atoms with E-state index in [1.807, 2.05) is 6.42 Å². The van der Waals surface area contributed by atoms with Crippen LogP contribution in [0.2, 0.25) is 0 Å². The van der Waals surface area contributed by atoms with Gasteiger partial charge in [-0.15, -0.1) is 0 Å². The first-order valence-corrected chi connectivity index (χ1v) is 5.87. The van der Waals surface area contributed by atoms with Gasteiger partial charge < -0.3 is 0 Å². The normalized spacial score (nSPS) is 24.7. The fraction of sp³-hybridized carbons (Fsp3) is 0.917. The lowest BCUT2D eigenvalue weighted by Gasteiger charge is -2.09. The predicted molar refractivity (Wildman–Crippen MR) is 55.4 cm³/mol. The lowest BCUT2D eigenvalue weighted by atomic mass is 10.0. The van der Waals surface area contributed by atoms with E-state index in [1.165, 1.54) is 44.9 Å². The molecule has 1 saturated carbocycles. The molecule has 1 heteroatoms. The third-order valence-electron chi connectivity index (χ3n) is 2.86. The average Bonchev–Trinajstić information content (AvgIpc) is 2.11. The van der Waals surface area contributed by atoms with Crippen LogP contribution in [0, 0.1) is 6.42 Å². The molecule has 0 aromatic carbocycles. The molecule has 0 aromatic rings. The Morgan fingerprint density at radius 2 is 1.31 bits per heavy atom. The SMILES string of the molecule is FC1[CH]CCCCCCCCCC1. The summed E-state index contributed by atoms with van der Waals surface area (Å²) in [4.78, 5) is 0. The molecular formula is C12H22F. The van der Waals surface area contributed by atoms with E-state index < -0.39 is 6.17 Å². The Balaban J connectivity index is 2.11. The first-order valence-electron chi connectivity index (χ1n) is 5.87. The topological polar surface area (TPSA) is 0 Å². The van der Waals surface area contributed by atoms with Gasteiger partial charge in [0.25, 0.3) is 0 Å². The summed E-state index contributed by atoms with van der Waals surface area (Å²) < 4.78 is 13.1. The summed E-state index contributed by atoms with van der Waals surface area (Å²) in [6, 6.07) is 0. The fourth-order valence-corrected chi connectivity index (χ4v) is 1.96. The minimum absolute atomic E-state index is 0.626. The van der Waals surface area contributed by atoms with Crippen LogP contribution in [-0.4, -0.2) is 6.17 Å². The Bertz CT molecular complexity index is 99.7. The Labute approximate surface area is 81.9 Å². The van der Waals surface area contributed by atoms with Gasteiger partial charge in [0.2, 0.25) is 0 Å². The average molecular weight is 185 g/mol. The minimum Gasteiger partial charge on any atom is -0.247 e. The van der Waals surface area contributed by atoms with Crippen molar-refractivity contribution in [3.63, 3.8) is 0 Å². The minimum atomic E-state index is -0.626. The maximum absolute atomic E-state index is 13.1. The molecule has 0 heterocycles. The highest BCUT2D eigenvalue weighted by atomic mass is 19.1. The molecule has 1 aliphatic carbocycles. The second-order valence-corrected chi connectivity index (χ2v) is 4.16. The third-order valence-corrected chi connectivity index (χ3v) is 2.86. The molecule has 0 amide bonds. The summed E-state index contributed by atoms with van der Waals surface area (Å²) in [6.07, 6.45) is 13.2. The van der Waals surface area contributed by atoms with Crippen molar-refractivity contribution in [1.29, 1.82) is 0 Å². The highest BCUT2D eigenvalue weighted by Gasteiger charge is 2.06. The molecule has 1 fully saturated rings. The van der Waals surface area contributed by atoms with E-state index in [9.17, 15) is 4.39 Å². The van der Waals surface area contributed by atoms with E-state index in [1.54, 1.807) is 0 Å². The third kappa shape index (κ3) is 6.06. The Morgan fingerprint density at radius 3 is 2.00 bits per heavy atom. The van der Waals surface area contributed by atoms with Gasteiger partial charge in [0.1, 0.15) is 6.17 Å². The molecule has 0 saturated heterocycles. The van der Waals surface area contributed by atoms with Crippen molar-refractivity contribution in [1.82, 2.24) is 0 Å². The van der Waals surface area contributed by atoms with E-state index in [0.29, 0.717) is 0 Å². The van der Waals surface area contributed by atoms with Crippen molar-refractivity contribution in [2.75, 3.05) is 0 Å². The number of alkyl halides is 1. The van der Waals surface area contributed by atoms with E-state index in [2.05, 4.69) is 0 Å². The van der Waals surface area contributed by atoms with Crippen LogP contribution in [0.5, 0.6) is 0 Å². The Morgan fingerprint density at radius 1 is 0.769 bits per heavy atom. The van der Waals surface area contributed by atoms with Crippen LogP contribution in [-0.2, 0) is 0 Å². The van der Waals surface area contributed by atoms with Crippen LogP contribution in [0.25, 0.3) is 0 Å². The number of hydrogen-bond acceptors (Lipinski definition) is 0. The van der Waals surface area contributed by atoms with Crippen LogP contribution in [0.4, 0.5) is 4.39 Å². The highest BCUT2D eigenvalue weighted by molar-refractivity contribution is 4.75. The van der Waals surface area contributed by atoms with Crippen molar-refractivity contribution in [2.24, 2.45) is 0 Å². The maximum Gasteiger partial charge on any atom is 0.103 e. The molecule has 1 rings (SSSR count). The first kappa shape index (κ1) is 11.0. The zero-order chi connectivity index (χ0) is 9.36. The molecule has 0 nitrogen and oxygen atoms in total. The van der Waals surface area contributed by atoms with Gasteiger partial charge in [0.05, 0.1) is 0 Å². The van der Waals surface area contributed by atoms with Gasteiger partial charge in [-0.25, -0.2) is 4.39 Å². The largest absolute Gasteiger partial charge is 0.247 e.